The van der Waals surface area contributed by atoms with Gasteiger partial charge in [0.1, 0.15) is 36.2 Å². The first-order chi connectivity index (χ1) is 60.7. The first-order valence-corrected chi connectivity index (χ1v) is 43.0. The molecule has 1 saturated heterocycles. The van der Waals surface area contributed by atoms with Gasteiger partial charge in [-0.3, -0.25) is 63.0 Å². The lowest BCUT2D eigenvalue weighted by molar-refractivity contribution is -0.138. The molecule has 678 valence electrons. The van der Waals surface area contributed by atoms with E-state index >= 15 is 0 Å². The van der Waals surface area contributed by atoms with E-state index in [4.69, 9.17) is 57.1 Å². The molecular weight excluding hydrogens is 1620 g/mol. The lowest BCUT2D eigenvalue weighted by Gasteiger charge is -2.43. The van der Waals surface area contributed by atoms with Crippen LogP contribution in [0.2, 0.25) is 0 Å². The summed E-state index contributed by atoms with van der Waals surface area (Å²) in [6.07, 6.45) is 11.1. The van der Waals surface area contributed by atoms with Crippen LogP contribution in [-0.4, -0.2) is 291 Å². The first-order valence-electron chi connectivity index (χ1n) is 43.0. The van der Waals surface area contributed by atoms with Gasteiger partial charge >= 0.3 is 6.09 Å². The minimum absolute atomic E-state index is 0.0123. The van der Waals surface area contributed by atoms with Crippen LogP contribution in [0.1, 0.15) is 148 Å². The Hall–Kier alpha value is -11.1. The Kier molecular flexibility index (Phi) is 39.0. The summed E-state index contributed by atoms with van der Waals surface area (Å²) in [6, 6.07) is 14.7. The van der Waals surface area contributed by atoms with Crippen molar-refractivity contribution in [1.82, 2.24) is 51.3 Å². The predicted octanol–water partition coefficient (Wildman–Crippen LogP) is 4.78. The second-order valence-corrected chi connectivity index (χ2v) is 30.9. The van der Waals surface area contributed by atoms with Crippen LogP contribution in [0, 0.1) is 17.8 Å². The average Bonchev–Trinajstić information content (AvgIpc) is 0.985. The van der Waals surface area contributed by atoms with Crippen molar-refractivity contribution in [3.8, 4) is 17.6 Å². The van der Waals surface area contributed by atoms with Crippen molar-refractivity contribution in [2.75, 3.05) is 180 Å². The van der Waals surface area contributed by atoms with Crippen LogP contribution < -0.4 is 51.8 Å². The maximum atomic E-state index is 14.3. The fourth-order valence-electron chi connectivity index (χ4n) is 15.2. The third-order valence-corrected chi connectivity index (χ3v) is 21.9. The van der Waals surface area contributed by atoms with Crippen molar-refractivity contribution >= 4 is 99.9 Å². The molecule has 2 unspecified atom stereocenters. The molecule has 3 aromatic carbocycles. The molecule has 3 atom stereocenters. The van der Waals surface area contributed by atoms with Gasteiger partial charge in [0.15, 0.2) is 5.82 Å². The minimum atomic E-state index is -0.928. The smallest absolute Gasteiger partial charge is 0.410 e. The number of methoxy groups -OCH3 is 1. The van der Waals surface area contributed by atoms with E-state index in [2.05, 4.69) is 58.9 Å². The molecule has 0 spiro atoms. The highest BCUT2D eigenvalue weighted by molar-refractivity contribution is 6.13. The van der Waals surface area contributed by atoms with Crippen LogP contribution >= 0.6 is 0 Å². The molecule has 5 heterocycles. The number of rotatable bonds is 52. The number of hydrogen-bond acceptors (Lipinski definition) is 27. The number of aromatic nitrogens is 2. The molecule has 10 rings (SSSR count). The summed E-state index contributed by atoms with van der Waals surface area (Å²) >= 11 is 0. The number of nitrogens with zero attached hydrogens (tertiary/aromatic N) is 7. The zero-order chi connectivity index (χ0) is 88.8. The SMILES string of the molecule is CC[C@@H]1C(=O)N(C)c2cnc(Nc3ccc(C(=O)NC4CCC(N(CCOCCC#Cc5cccc6c5CN(C5CCC(=O)NC5=O)C6=O)C(=O)OCc5ccc(NC(=O)CNC(=O)C(NC(=O)CCOCCOCCOCCOCCOCCOCCOCCOCCNC(=O)CCN6C(=O)C=CC6=O)C(C)C)cc5)CC4)cc3OC)nc2N1C1CCCC1. The van der Waals surface area contributed by atoms with Crippen molar-refractivity contribution in [3.05, 3.63) is 107 Å². The molecule has 2 aliphatic carbocycles. The lowest BCUT2D eigenvalue weighted by atomic mass is 9.90. The third-order valence-electron chi connectivity index (χ3n) is 21.9. The number of ether oxygens (including phenoxy) is 11. The van der Waals surface area contributed by atoms with Gasteiger partial charge < -0.3 is 104 Å². The van der Waals surface area contributed by atoms with Gasteiger partial charge in [-0.15, -0.1) is 0 Å². The van der Waals surface area contributed by atoms with Crippen LogP contribution in [-0.2, 0) is 104 Å². The molecule has 2 saturated carbocycles. The normalized spacial score (nSPS) is 17.7. The minimum Gasteiger partial charge on any atom is -0.495 e. The maximum Gasteiger partial charge on any atom is 0.410 e. The second kappa shape index (κ2) is 50.8. The van der Waals surface area contributed by atoms with Crippen LogP contribution in [0.4, 0.5) is 33.6 Å². The van der Waals surface area contributed by atoms with Gasteiger partial charge in [0.2, 0.25) is 47.3 Å². The number of likely N-dealkylation sites (N-methyl/N-ethyl adjacent to an activating group) is 1. The fraction of sp³-hybridized carbons (Fsp3) is 0.568. The second-order valence-electron chi connectivity index (χ2n) is 30.9. The summed E-state index contributed by atoms with van der Waals surface area (Å²) in [5.74, 6) is 3.39. The number of imide groups is 2. The van der Waals surface area contributed by atoms with E-state index in [0.717, 1.165) is 30.6 Å². The zero-order valence-corrected chi connectivity index (χ0v) is 71.9. The van der Waals surface area contributed by atoms with Gasteiger partial charge in [-0.25, -0.2) is 9.78 Å². The molecule has 3 fully saturated rings. The van der Waals surface area contributed by atoms with Gasteiger partial charge in [-0.2, -0.15) is 4.98 Å². The molecule has 0 radical (unpaired) electrons. The Balaban J connectivity index is 0.589. The van der Waals surface area contributed by atoms with Gasteiger partial charge in [-0.1, -0.05) is 63.7 Å². The standard InChI is InChI=1S/C88H118N14O23/c1-6-70-86(113)98(4)72-55-91-87(97-81(72)102(70)66-14-7-8-15-66)94-69-26-19-62(54-73(69)115-5)82(109)93-64-22-24-65(25-23-64)99(35-39-116-36-10-9-12-61-13-11-16-67-68(61)57-101(85(67)112)71-27-28-75(104)96-83(71)110)88(114)125-58-60-17-20-63(21-18-60)92-77(106)56-90-84(111)80(59(2)3)95-76(105)32-37-117-40-42-119-44-46-121-48-50-123-52-53-124-51-49-122-47-45-120-43-41-118-38-33-89-74(103)31-34-100-78(107)29-30-79(100)108/h11,13,16-21,26,29-30,54-55,59,64-66,70-71,80H,6-8,10,14-15,22-25,27-28,31-53,56-58H2,1-5H3,(H,89,103)(H,90,111)(H,92,106)(H,93,109)(H,95,105)(H,91,94,97)(H,96,104,110)/t64?,65?,70-,71?,80?/m1/s1. The summed E-state index contributed by atoms with van der Waals surface area (Å²) in [7, 11) is 3.27. The van der Waals surface area contributed by atoms with Gasteiger partial charge in [0.05, 0.1) is 144 Å². The molecule has 37 heteroatoms. The molecule has 12 amide bonds. The Morgan fingerprint density at radius 1 is 0.680 bits per heavy atom. The van der Waals surface area contributed by atoms with Crippen molar-refractivity contribution in [2.24, 2.45) is 5.92 Å². The van der Waals surface area contributed by atoms with Crippen molar-refractivity contribution in [1.29, 1.82) is 0 Å². The molecule has 125 heavy (non-hydrogen) atoms. The van der Waals surface area contributed by atoms with Crippen LogP contribution in [0.5, 0.6) is 5.75 Å². The van der Waals surface area contributed by atoms with Crippen LogP contribution in [0.25, 0.3) is 0 Å². The van der Waals surface area contributed by atoms with E-state index in [0.29, 0.717) is 193 Å². The Morgan fingerprint density at radius 3 is 1.94 bits per heavy atom. The van der Waals surface area contributed by atoms with Crippen LogP contribution in [0.15, 0.2) is 79.0 Å². The van der Waals surface area contributed by atoms with E-state index in [1.54, 1.807) is 91.5 Å². The number of carbonyl (C=O) groups is 12. The topological polar surface area (TPSA) is 433 Å². The summed E-state index contributed by atoms with van der Waals surface area (Å²) in [6.45, 7) is 11.5. The van der Waals surface area contributed by atoms with Gasteiger partial charge in [0, 0.05) is 112 Å². The monoisotopic (exact) mass is 1740 g/mol. The van der Waals surface area contributed by atoms with E-state index in [-0.39, 0.29) is 151 Å². The number of anilines is 5. The highest BCUT2D eigenvalue weighted by Crippen LogP contribution is 2.41. The van der Waals surface area contributed by atoms with Crippen molar-refractivity contribution in [2.45, 2.75) is 160 Å². The number of amides is 12. The number of benzene rings is 3. The fourth-order valence-corrected chi connectivity index (χ4v) is 15.2. The van der Waals surface area contributed by atoms with Gasteiger partial charge in [-0.05, 0) is 111 Å². The summed E-state index contributed by atoms with van der Waals surface area (Å²) in [5, 5.41) is 19.6. The quantitative estimate of drug-likeness (QED) is 0.0178. The van der Waals surface area contributed by atoms with Gasteiger partial charge in [0.25, 0.3) is 23.6 Å². The lowest BCUT2D eigenvalue weighted by Crippen LogP contribution is -2.55. The van der Waals surface area contributed by atoms with E-state index < -0.39 is 53.6 Å². The van der Waals surface area contributed by atoms with E-state index in [9.17, 15) is 57.5 Å². The first kappa shape index (κ1) is 96.1. The number of hydrogen-bond donors (Lipinski definition) is 7. The van der Waals surface area contributed by atoms with E-state index in [1.807, 2.05) is 13.0 Å². The summed E-state index contributed by atoms with van der Waals surface area (Å²) in [5.41, 5.74) is 4.42. The molecule has 7 N–H and O–H groups in total. The highest BCUT2D eigenvalue weighted by Gasteiger charge is 2.43. The molecule has 1 aromatic heterocycles. The highest BCUT2D eigenvalue weighted by atomic mass is 16.6. The Bertz CT molecular complexity index is 4400. The summed E-state index contributed by atoms with van der Waals surface area (Å²) < 4.78 is 61.9. The zero-order valence-electron chi connectivity index (χ0n) is 71.9. The molecule has 4 aliphatic heterocycles. The van der Waals surface area contributed by atoms with E-state index in [1.165, 1.54) is 24.2 Å². The Morgan fingerprint density at radius 2 is 1.31 bits per heavy atom. The number of piperidine rings is 1. The third kappa shape index (κ3) is 29.5. The van der Waals surface area contributed by atoms with Crippen LogP contribution in [0.3, 0.4) is 0 Å². The molecule has 37 nitrogen and oxygen atoms in total. The summed E-state index contributed by atoms with van der Waals surface area (Å²) in [4.78, 5) is 172. The maximum absolute atomic E-state index is 14.3. The Labute approximate surface area is 727 Å². The number of carbonyl (C=O) groups excluding carboxylic acids is 12. The molecule has 0 bridgehead atoms. The molecular formula is C88H118N14O23. The predicted molar refractivity (Wildman–Crippen MR) is 455 cm³/mol. The van der Waals surface area contributed by atoms with Crippen molar-refractivity contribution in [3.63, 3.8) is 0 Å². The molecule has 4 aromatic rings. The number of fused-ring (bicyclic) bond motifs is 2. The largest absolute Gasteiger partial charge is 0.495 e. The molecule has 6 aliphatic rings. The van der Waals surface area contributed by atoms with Crippen molar-refractivity contribution < 1.29 is 110 Å². The average molecular weight is 1740 g/mol. The number of nitrogens with one attached hydrogen (secondary N) is 7.